The van der Waals surface area contributed by atoms with Crippen LogP contribution in [0, 0.1) is 6.92 Å². The Kier molecular flexibility index (Phi) is 6.93. The van der Waals surface area contributed by atoms with Crippen molar-refractivity contribution in [2.24, 2.45) is 0 Å². The average Bonchev–Trinajstić information content (AvgIpc) is 2.74. The van der Waals surface area contributed by atoms with Crippen LogP contribution in [0.4, 0.5) is 5.69 Å². The Morgan fingerprint density at radius 1 is 1.07 bits per heavy atom. The Labute approximate surface area is 175 Å². The van der Waals surface area contributed by atoms with Gasteiger partial charge in [0.05, 0.1) is 12.8 Å². The van der Waals surface area contributed by atoms with Gasteiger partial charge < -0.3 is 14.8 Å². The standard InChI is InChI=1S/C24H22ClNO3/c1-17-14-22(23(28-2)15-21(17)25)26-24(27)13-10-18-8-11-20(12-9-18)29-16-19-6-4-3-5-7-19/h3-15H,16H2,1-2H3,(H,26,27). The summed E-state index contributed by atoms with van der Waals surface area (Å²) in [4.78, 5) is 12.3. The van der Waals surface area contributed by atoms with Crippen LogP contribution in [0.3, 0.4) is 0 Å². The molecule has 3 aromatic rings. The summed E-state index contributed by atoms with van der Waals surface area (Å²) < 4.78 is 11.0. The van der Waals surface area contributed by atoms with Crippen LogP contribution in [0.25, 0.3) is 6.08 Å². The number of hydrogen-bond acceptors (Lipinski definition) is 3. The van der Waals surface area contributed by atoms with Gasteiger partial charge in [0, 0.05) is 17.2 Å². The second-order valence-corrected chi connectivity index (χ2v) is 6.87. The van der Waals surface area contributed by atoms with E-state index >= 15 is 0 Å². The Hall–Kier alpha value is -3.24. The zero-order chi connectivity index (χ0) is 20.6. The van der Waals surface area contributed by atoms with Gasteiger partial charge in [0.1, 0.15) is 18.1 Å². The van der Waals surface area contributed by atoms with Crippen molar-refractivity contribution in [1.29, 1.82) is 0 Å². The molecule has 0 bridgehead atoms. The number of nitrogens with one attached hydrogen (secondary N) is 1. The number of carbonyl (C=O) groups excluding carboxylic acids is 1. The molecule has 0 unspecified atom stereocenters. The van der Waals surface area contributed by atoms with Crippen molar-refractivity contribution in [3.63, 3.8) is 0 Å². The number of methoxy groups -OCH3 is 1. The van der Waals surface area contributed by atoms with Gasteiger partial charge in [0.15, 0.2) is 0 Å². The fraction of sp³-hybridized carbons (Fsp3) is 0.125. The molecule has 0 aromatic heterocycles. The van der Waals surface area contributed by atoms with Gasteiger partial charge in [-0.1, -0.05) is 54.1 Å². The van der Waals surface area contributed by atoms with Gasteiger partial charge in [-0.2, -0.15) is 0 Å². The maximum Gasteiger partial charge on any atom is 0.248 e. The minimum absolute atomic E-state index is 0.255. The van der Waals surface area contributed by atoms with Gasteiger partial charge in [0.25, 0.3) is 0 Å². The third kappa shape index (κ3) is 5.87. The number of rotatable bonds is 7. The predicted octanol–water partition coefficient (Wildman–Crippen LogP) is 5.89. The largest absolute Gasteiger partial charge is 0.495 e. The Balaban J connectivity index is 1.58. The number of aryl methyl sites for hydroxylation is 1. The maximum atomic E-state index is 12.3. The molecule has 0 aliphatic carbocycles. The van der Waals surface area contributed by atoms with Crippen LogP contribution in [-0.4, -0.2) is 13.0 Å². The molecule has 3 aromatic carbocycles. The van der Waals surface area contributed by atoms with Gasteiger partial charge in [0.2, 0.25) is 5.91 Å². The Morgan fingerprint density at radius 2 is 1.79 bits per heavy atom. The summed E-state index contributed by atoms with van der Waals surface area (Å²) in [6, 6.07) is 21.0. The highest BCUT2D eigenvalue weighted by Gasteiger charge is 2.08. The first kappa shape index (κ1) is 20.5. The Bertz CT molecular complexity index is 999. The highest BCUT2D eigenvalue weighted by Crippen LogP contribution is 2.30. The zero-order valence-corrected chi connectivity index (χ0v) is 17.1. The molecule has 3 rings (SSSR count). The smallest absolute Gasteiger partial charge is 0.248 e. The fourth-order valence-electron chi connectivity index (χ4n) is 2.69. The molecule has 0 fully saturated rings. The van der Waals surface area contributed by atoms with Crippen LogP contribution in [0.1, 0.15) is 16.7 Å². The molecule has 1 N–H and O–H groups in total. The molecule has 4 nitrogen and oxygen atoms in total. The van der Waals surface area contributed by atoms with Crippen LogP contribution in [0.15, 0.2) is 72.8 Å². The molecule has 0 saturated carbocycles. The summed E-state index contributed by atoms with van der Waals surface area (Å²) in [6.45, 7) is 2.38. The van der Waals surface area contributed by atoms with Gasteiger partial charge in [-0.3, -0.25) is 4.79 Å². The minimum Gasteiger partial charge on any atom is -0.495 e. The first-order valence-electron chi connectivity index (χ1n) is 9.15. The average molecular weight is 408 g/mol. The van der Waals surface area contributed by atoms with E-state index < -0.39 is 0 Å². The zero-order valence-electron chi connectivity index (χ0n) is 16.3. The van der Waals surface area contributed by atoms with Crippen molar-refractivity contribution < 1.29 is 14.3 Å². The van der Waals surface area contributed by atoms with Crippen LogP contribution in [0.5, 0.6) is 11.5 Å². The van der Waals surface area contributed by atoms with Crippen LogP contribution in [-0.2, 0) is 11.4 Å². The molecule has 0 spiro atoms. The summed E-state index contributed by atoms with van der Waals surface area (Å²) >= 11 is 6.10. The molecule has 0 aliphatic rings. The van der Waals surface area contributed by atoms with E-state index in [0.29, 0.717) is 23.1 Å². The lowest BCUT2D eigenvalue weighted by atomic mass is 10.2. The number of halogens is 1. The van der Waals surface area contributed by atoms with E-state index in [2.05, 4.69) is 5.32 Å². The summed E-state index contributed by atoms with van der Waals surface area (Å²) in [5, 5.41) is 3.40. The van der Waals surface area contributed by atoms with E-state index in [4.69, 9.17) is 21.1 Å². The summed E-state index contributed by atoms with van der Waals surface area (Å²) in [5.41, 5.74) is 3.44. The van der Waals surface area contributed by atoms with Crippen molar-refractivity contribution in [2.75, 3.05) is 12.4 Å². The van der Waals surface area contributed by atoms with E-state index in [1.54, 1.807) is 18.2 Å². The van der Waals surface area contributed by atoms with Gasteiger partial charge >= 0.3 is 0 Å². The fourth-order valence-corrected chi connectivity index (χ4v) is 2.85. The lowest BCUT2D eigenvalue weighted by Gasteiger charge is -2.11. The lowest BCUT2D eigenvalue weighted by Crippen LogP contribution is -2.09. The van der Waals surface area contributed by atoms with Crippen molar-refractivity contribution in [2.45, 2.75) is 13.5 Å². The number of ether oxygens (including phenoxy) is 2. The molecule has 0 heterocycles. The third-order valence-electron chi connectivity index (χ3n) is 4.29. The highest BCUT2D eigenvalue weighted by atomic mass is 35.5. The van der Waals surface area contributed by atoms with E-state index in [0.717, 1.165) is 22.4 Å². The SMILES string of the molecule is COc1cc(Cl)c(C)cc1NC(=O)C=Cc1ccc(OCc2ccccc2)cc1. The molecule has 148 valence electrons. The molecule has 29 heavy (non-hydrogen) atoms. The first-order valence-corrected chi connectivity index (χ1v) is 9.53. The first-order chi connectivity index (χ1) is 14.0. The third-order valence-corrected chi connectivity index (χ3v) is 4.70. The van der Waals surface area contributed by atoms with Crippen LogP contribution >= 0.6 is 11.6 Å². The Morgan fingerprint density at radius 3 is 2.48 bits per heavy atom. The maximum absolute atomic E-state index is 12.3. The van der Waals surface area contributed by atoms with Crippen molar-refractivity contribution in [3.8, 4) is 11.5 Å². The second kappa shape index (κ2) is 9.80. The number of anilines is 1. The number of carbonyl (C=O) groups is 1. The van der Waals surface area contributed by atoms with Gasteiger partial charge in [-0.05, 0) is 47.9 Å². The van der Waals surface area contributed by atoms with Gasteiger partial charge in [-0.15, -0.1) is 0 Å². The van der Waals surface area contributed by atoms with E-state index in [1.807, 2.05) is 61.5 Å². The molecule has 0 atom stereocenters. The molecule has 0 aliphatic heterocycles. The van der Waals surface area contributed by atoms with Gasteiger partial charge in [-0.25, -0.2) is 0 Å². The van der Waals surface area contributed by atoms with E-state index in [1.165, 1.54) is 13.2 Å². The molecule has 0 saturated heterocycles. The normalized spacial score (nSPS) is 10.7. The monoisotopic (exact) mass is 407 g/mol. The summed E-state index contributed by atoms with van der Waals surface area (Å²) in [7, 11) is 1.54. The van der Waals surface area contributed by atoms with E-state index in [9.17, 15) is 4.79 Å². The van der Waals surface area contributed by atoms with Crippen molar-refractivity contribution in [1.82, 2.24) is 0 Å². The second-order valence-electron chi connectivity index (χ2n) is 6.47. The molecule has 1 amide bonds. The van der Waals surface area contributed by atoms with Crippen LogP contribution in [0.2, 0.25) is 5.02 Å². The topological polar surface area (TPSA) is 47.6 Å². The molecule has 0 radical (unpaired) electrons. The molecule has 5 heteroatoms. The summed E-state index contributed by atoms with van der Waals surface area (Å²) in [5.74, 6) is 1.04. The summed E-state index contributed by atoms with van der Waals surface area (Å²) in [6.07, 6.45) is 3.22. The van der Waals surface area contributed by atoms with Crippen LogP contribution < -0.4 is 14.8 Å². The number of benzene rings is 3. The lowest BCUT2D eigenvalue weighted by molar-refractivity contribution is -0.111. The molecular formula is C24H22ClNO3. The van der Waals surface area contributed by atoms with E-state index in [-0.39, 0.29) is 5.91 Å². The number of amides is 1. The molecular weight excluding hydrogens is 386 g/mol. The highest BCUT2D eigenvalue weighted by molar-refractivity contribution is 6.31. The predicted molar refractivity (Wildman–Crippen MR) is 118 cm³/mol. The quantitative estimate of drug-likeness (QED) is 0.497. The van der Waals surface area contributed by atoms with Crippen molar-refractivity contribution >= 4 is 29.3 Å². The van der Waals surface area contributed by atoms with Crippen molar-refractivity contribution in [3.05, 3.63) is 94.5 Å². The number of hydrogen-bond donors (Lipinski definition) is 1. The minimum atomic E-state index is -0.255.